The maximum absolute atomic E-state index is 12.9. The molecule has 2 aromatic carbocycles. The zero-order chi connectivity index (χ0) is 24.0. The van der Waals surface area contributed by atoms with Crippen LogP contribution in [0.4, 0.5) is 5.82 Å². The summed E-state index contributed by atoms with van der Waals surface area (Å²) < 4.78 is 2.04. The van der Waals surface area contributed by atoms with Gasteiger partial charge >= 0.3 is 0 Å². The van der Waals surface area contributed by atoms with E-state index in [1.807, 2.05) is 77.4 Å². The average molecular weight is 481 g/mol. The fraction of sp³-hybridized carbons (Fsp3) is 0.185. The molecule has 0 bridgehead atoms. The van der Waals surface area contributed by atoms with E-state index >= 15 is 0 Å². The van der Waals surface area contributed by atoms with E-state index in [0.29, 0.717) is 22.4 Å². The van der Waals surface area contributed by atoms with E-state index in [1.54, 1.807) is 0 Å². The predicted octanol–water partition coefficient (Wildman–Crippen LogP) is 5.25. The van der Waals surface area contributed by atoms with Crippen LogP contribution >= 0.6 is 11.8 Å². The number of carbonyl (C=O) groups excluding carboxylic acids is 1. The first kappa shape index (κ1) is 22.7. The summed E-state index contributed by atoms with van der Waals surface area (Å²) in [6, 6.07) is 22.2. The minimum Gasteiger partial charge on any atom is -0.310 e. The van der Waals surface area contributed by atoms with Crippen LogP contribution in [0.5, 0.6) is 0 Å². The highest BCUT2D eigenvalue weighted by Crippen LogP contribution is 2.35. The molecule has 0 aliphatic heterocycles. The van der Waals surface area contributed by atoms with Crippen molar-refractivity contribution in [2.75, 3.05) is 11.1 Å². The first-order valence-corrected chi connectivity index (χ1v) is 12.5. The van der Waals surface area contributed by atoms with E-state index in [9.17, 15) is 10.1 Å². The van der Waals surface area contributed by atoms with Crippen molar-refractivity contribution in [3.8, 4) is 11.8 Å². The SMILES string of the molecule is N#Cc1c2c(n(-c3ccccc3)c1NC(=O)CSc1n[nH]c(/C=C/c3ccccc3)n1)CCCC2. The molecule has 2 heterocycles. The first-order valence-electron chi connectivity index (χ1n) is 11.5. The molecule has 1 aliphatic rings. The number of amides is 1. The van der Waals surface area contributed by atoms with Gasteiger partial charge < -0.3 is 5.32 Å². The fourth-order valence-corrected chi connectivity index (χ4v) is 4.94. The van der Waals surface area contributed by atoms with Crippen LogP contribution in [0, 0.1) is 11.3 Å². The Balaban J connectivity index is 1.31. The molecule has 174 valence electrons. The van der Waals surface area contributed by atoms with Crippen molar-refractivity contribution in [2.24, 2.45) is 0 Å². The van der Waals surface area contributed by atoms with Crippen LogP contribution in [0.25, 0.3) is 17.8 Å². The molecule has 0 spiro atoms. The predicted molar refractivity (Wildman–Crippen MR) is 138 cm³/mol. The van der Waals surface area contributed by atoms with Crippen molar-refractivity contribution in [1.29, 1.82) is 5.26 Å². The van der Waals surface area contributed by atoms with Gasteiger partial charge in [0.25, 0.3) is 0 Å². The van der Waals surface area contributed by atoms with Gasteiger partial charge in [-0.25, -0.2) is 4.98 Å². The Morgan fingerprint density at radius 3 is 2.60 bits per heavy atom. The maximum Gasteiger partial charge on any atom is 0.236 e. The number of nitriles is 1. The van der Waals surface area contributed by atoms with E-state index < -0.39 is 0 Å². The summed E-state index contributed by atoms with van der Waals surface area (Å²) in [5.41, 5.74) is 4.74. The molecule has 35 heavy (non-hydrogen) atoms. The van der Waals surface area contributed by atoms with Crippen molar-refractivity contribution in [3.05, 3.63) is 88.9 Å². The van der Waals surface area contributed by atoms with Gasteiger partial charge in [0, 0.05) is 11.4 Å². The summed E-state index contributed by atoms with van der Waals surface area (Å²) in [5, 5.41) is 20.5. The van der Waals surface area contributed by atoms with Gasteiger partial charge in [-0.2, -0.15) is 5.26 Å². The summed E-state index contributed by atoms with van der Waals surface area (Å²) in [6.45, 7) is 0. The molecule has 0 fully saturated rings. The van der Waals surface area contributed by atoms with Gasteiger partial charge in [-0.05, 0) is 55.0 Å². The second kappa shape index (κ2) is 10.5. The van der Waals surface area contributed by atoms with Crippen LogP contribution in [0.1, 0.15) is 41.1 Å². The number of para-hydroxylation sites is 1. The molecule has 1 aliphatic carbocycles. The minimum atomic E-state index is -0.204. The minimum absolute atomic E-state index is 0.134. The number of nitrogens with one attached hydrogen (secondary N) is 2. The third kappa shape index (κ3) is 5.05. The number of nitrogens with zero attached hydrogens (tertiary/aromatic N) is 4. The van der Waals surface area contributed by atoms with Crippen LogP contribution in [0.15, 0.2) is 65.8 Å². The number of H-pyrrole nitrogens is 1. The zero-order valence-corrected chi connectivity index (χ0v) is 19.9. The maximum atomic E-state index is 12.9. The van der Waals surface area contributed by atoms with Gasteiger partial charge in [0.05, 0.1) is 11.3 Å². The molecule has 1 amide bonds. The van der Waals surface area contributed by atoms with Crippen LogP contribution in [0.2, 0.25) is 0 Å². The summed E-state index contributed by atoms with van der Waals surface area (Å²) in [7, 11) is 0. The second-order valence-electron chi connectivity index (χ2n) is 8.22. The molecule has 0 saturated carbocycles. The molecule has 0 atom stereocenters. The zero-order valence-electron chi connectivity index (χ0n) is 19.1. The Morgan fingerprint density at radius 2 is 1.83 bits per heavy atom. The van der Waals surface area contributed by atoms with E-state index in [0.717, 1.165) is 48.2 Å². The van der Waals surface area contributed by atoms with Gasteiger partial charge in [0.2, 0.25) is 11.1 Å². The lowest BCUT2D eigenvalue weighted by atomic mass is 9.95. The Labute approximate surface area is 207 Å². The quantitative estimate of drug-likeness (QED) is 0.352. The molecule has 4 aromatic rings. The molecular formula is C27H24N6OS. The summed E-state index contributed by atoms with van der Waals surface area (Å²) in [6.07, 6.45) is 7.67. The molecule has 2 N–H and O–H groups in total. The Kier molecular flexibility index (Phi) is 6.77. The fourth-order valence-electron chi connectivity index (χ4n) is 4.33. The lowest BCUT2D eigenvalue weighted by molar-refractivity contribution is -0.113. The molecule has 7 nitrogen and oxygen atoms in total. The lowest BCUT2D eigenvalue weighted by Crippen LogP contribution is -2.18. The van der Waals surface area contributed by atoms with Crippen LogP contribution < -0.4 is 5.32 Å². The Bertz CT molecular complexity index is 1400. The number of aromatic amines is 1. The smallest absolute Gasteiger partial charge is 0.236 e. The number of benzene rings is 2. The number of hydrogen-bond acceptors (Lipinski definition) is 5. The van der Waals surface area contributed by atoms with Crippen LogP contribution in [0.3, 0.4) is 0 Å². The molecule has 0 radical (unpaired) electrons. The van der Waals surface area contributed by atoms with E-state index in [-0.39, 0.29) is 11.7 Å². The monoisotopic (exact) mass is 480 g/mol. The van der Waals surface area contributed by atoms with E-state index in [2.05, 4.69) is 26.6 Å². The molecular weight excluding hydrogens is 456 g/mol. The topological polar surface area (TPSA) is 99.4 Å². The standard InChI is InChI=1S/C27H24N6OS/c28-17-22-21-13-7-8-14-23(21)33(20-11-5-2-6-12-20)26(22)30-25(34)18-35-27-29-24(31-32-27)16-15-19-9-3-1-4-10-19/h1-6,9-12,15-16H,7-8,13-14,18H2,(H,30,34)(H,29,31,32)/b16-15+. The van der Waals surface area contributed by atoms with Crippen molar-refractivity contribution in [1.82, 2.24) is 19.7 Å². The van der Waals surface area contributed by atoms with E-state index in [4.69, 9.17) is 0 Å². The molecule has 2 aromatic heterocycles. The van der Waals surface area contributed by atoms with Crippen molar-refractivity contribution in [2.45, 2.75) is 30.8 Å². The number of aromatic nitrogens is 4. The van der Waals surface area contributed by atoms with Crippen molar-refractivity contribution in [3.63, 3.8) is 0 Å². The van der Waals surface area contributed by atoms with Crippen LogP contribution in [-0.2, 0) is 17.6 Å². The second-order valence-corrected chi connectivity index (χ2v) is 9.17. The Morgan fingerprint density at radius 1 is 1.09 bits per heavy atom. The van der Waals surface area contributed by atoms with Gasteiger partial charge in [0.15, 0.2) is 0 Å². The number of fused-ring (bicyclic) bond motifs is 1. The molecule has 0 saturated heterocycles. The third-order valence-corrected chi connectivity index (χ3v) is 6.75. The number of carbonyl (C=O) groups is 1. The normalized spacial score (nSPS) is 12.9. The number of thioether (sulfide) groups is 1. The molecule has 5 rings (SSSR count). The van der Waals surface area contributed by atoms with Crippen molar-refractivity contribution < 1.29 is 4.79 Å². The average Bonchev–Trinajstić information content (AvgIpc) is 3.49. The largest absolute Gasteiger partial charge is 0.310 e. The molecule has 8 heteroatoms. The highest BCUT2D eigenvalue weighted by atomic mass is 32.2. The third-order valence-electron chi connectivity index (χ3n) is 5.90. The number of rotatable bonds is 7. The van der Waals surface area contributed by atoms with Gasteiger partial charge in [-0.3, -0.25) is 14.5 Å². The highest BCUT2D eigenvalue weighted by molar-refractivity contribution is 7.99. The summed E-state index contributed by atoms with van der Waals surface area (Å²) in [4.78, 5) is 17.4. The Hall–Kier alpha value is -4.09. The number of anilines is 1. The van der Waals surface area contributed by atoms with Gasteiger partial charge in [-0.15, -0.1) is 5.10 Å². The molecule has 0 unspecified atom stereocenters. The van der Waals surface area contributed by atoms with Gasteiger partial charge in [-0.1, -0.05) is 66.4 Å². The van der Waals surface area contributed by atoms with Crippen molar-refractivity contribution >= 4 is 35.6 Å². The number of hydrogen-bond donors (Lipinski definition) is 2. The summed E-state index contributed by atoms with van der Waals surface area (Å²) in [5.74, 6) is 1.10. The van der Waals surface area contributed by atoms with Crippen LogP contribution in [-0.4, -0.2) is 31.4 Å². The van der Waals surface area contributed by atoms with Gasteiger partial charge in [0.1, 0.15) is 17.7 Å². The first-order chi connectivity index (χ1) is 17.2. The van der Waals surface area contributed by atoms with E-state index in [1.165, 1.54) is 11.8 Å². The lowest BCUT2D eigenvalue weighted by Gasteiger charge is -2.17. The highest BCUT2D eigenvalue weighted by Gasteiger charge is 2.26. The summed E-state index contributed by atoms with van der Waals surface area (Å²) >= 11 is 1.25.